The second kappa shape index (κ2) is 4.94. The van der Waals surface area contributed by atoms with E-state index < -0.39 is 0 Å². The molecule has 0 aliphatic rings. The van der Waals surface area contributed by atoms with E-state index in [9.17, 15) is 4.79 Å². The Morgan fingerprint density at radius 1 is 1.47 bits per heavy atom. The van der Waals surface area contributed by atoms with Crippen LogP contribution in [0.4, 0.5) is 0 Å². The van der Waals surface area contributed by atoms with Crippen LogP contribution in [-0.4, -0.2) is 23.7 Å². The Balaban J connectivity index is 2.82. The van der Waals surface area contributed by atoms with Crippen LogP contribution in [0.5, 0.6) is 0 Å². The summed E-state index contributed by atoms with van der Waals surface area (Å²) >= 11 is 0. The van der Waals surface area contributed by atoms with Gasteiger partial charge in [0.2, 0.25) is 0 Å². The normalized spacial score (nSPS) is 12.3. The Labute approximate surface area is 90.1 Å². The van der Waals surface area contributed by atoms with Gasteiger partial charge in [0.25, 0.3) is 5.91 Å². The van der Waals surface area contributed by atoms with Crippen molar-refractivity contribution in [1.82, 2.24) is 5.32 Å². The molecular formula is C12H17NO2. The average molecular weight is 207 g/mol. The van der Waals surface area contributed by atoms with Crippen molar-refractivity contribution >= 4 is 5.91 Å². The maximum absolute atomic E-state index is 11.7. The van der Waals surface area contributed by atoms with E-state index in [1.54, 1.807) is 6.92 Å². The molecular weight excluding hydrogens is 190 g/mol. The number of aliphatic hydroxyl groups is 1. The minimum absolute atomic E-state index is 0.0450. The fourth-order valence-corrected chi connectivity index (χ4v) is 1.42. The summed E-state index contributed by atoms with van der Waals surface area (Å²) in [5.74, 6) is -0.131. The van der Waals surface area contributed by atoms with Crippen molar-refractivity contribution in [3.05, 3.63) is 34.9 Å². The summed E-state index contributed by atoms with van der Waals surface area (Å²) in [6, 6.07) is 5.48. The van der Waals surface area contributed by atoms with Crippen molar-refractivity contribution in [3.63, 3.8) is 0 Å². The lowest BCUT2D eigenvalue weighted by atomic mass is 10.1. The van der Waals surface area contributed by atoms with Gasteiger partial charge in [0.15, 0.2) is 0 Å². The van der Waals surface area contributed by atoms with Gasteiger partial charge in [-0.25, -0.2) is 0 Å². The molecule has 0 unspecified atom stereocenters. The van der Waals surface area contributed by atoms with Crippen LogP contribution in [0.15, 0.2) is 18.2 Å². The lowest BCUT2D eigenvalue weighted by Gasteiger charge is -2.12. The first-order valence-electron chi connectivity index (χ1n) is 5.03. The highest BCUT2D eigenvalue weighted by molar-refractivity contribution is 5.95. The molecule has 0 fully saturated rings. The van der Waals surface area contributed by atoms with Crippen LogP contribution < -0.4 is 5.32 Å². The van der Waals surface area contributed by atoms with Crippen molar-refractivity contribution in [2.24, 2.45) is 0 Å². The van der Waals surface area contributed by atoms with Gasteiger partial charge in [-0.15, -0.1) is 0 Å². The minimum atomic E-state index is -0.210. The average Bonchev–Trinajstić information content (AvgIpc) is 2.17. The van der Waals surface area contributed by atoms with E-state index in [0.717, 1.165) is 11.1 Å². The van der Waals surface area contributed by atoms with Gasteiger partial charge in [-0.05, 0) is 32.4 Å². The largest absolute Gasteiger partial charge is 0.394 e. The van der Waals surface area contributed by atoms with Gasteiger partial charge in [-0.1, -0.05) is 17.7 Å². The number of carbonyl (C=O) groups excluding carboxylic acids is 1. The lowest BCUT2D eigenvalue weighted by molar-refractivity contribution is 0.0921. The molecule has 1 rings (SSSR count). The molecule has 1 atom stereocenters. The number of amides is 1. The molecule has 0 aliphatic carbocycles. The number of nitrogens with one attached hydrogen (secondary N) is 1. The zero-order chi connectivity index (χ0) is 11.4. The molecule has 1 amide bonds. The third-order valence-corrected chi connectivity index (χ3v) is 2.28. The first-order valence-corrected chi connectivity index (χ1v) is 5.03. The molecule has 15 heavy (non-hydrogen) atoms. The molecule has 0 aromatic heterocycles. The molecule has 0 saturated carbocycles. The van der Waals surface area contributed by atoms with Gasteiger partial charge in [0.05, 0.1) is 6.61 Å². The SMILES string of the molecule is Cc1ccc(C(=O)N[C@H](C)CO)c(C)c1. The standard InChI is InChI=1S/C12H17NO2/c1-8-4-5-11(9(2)6-8)12(15)13-10(3)7-14/h4-6,10,14H,7H2,1-3H3,(H,13,15)/t10-/m1/s1. The highest BCUT2D eigenvalue weighted by atomic mass is 16.3. The third kappa shape index (κ3) is 3.06. The van der Waals surface area contributed by atoms with Crippen molar-refractivity contribution in [2.45, 2.75) is 26.8 Å². The zero-order valence-corrected chi connectivity index (χ0v) is 9.37. The summed E-state index contributed by atoms with van der Waals surface area (Å²) in [7, 11) is 0. The van der Waals surface area contributed by atoms with Crippen LogP contribution in [0, 0.1) is 13.8 Å². The monoisotopic (exact) mass is 207 g/mol. The van der Waals surface area contributed by atoms with Gasteiger partial charge in [0, 0.05) is 11.6 Å². The summed E-state index contributed by atoms with van der Waals surface area (Å²) in [6.45, 7) is 5.62. The van der Waals surface area contributed by atoms with E-state index >= 15 is 0 Å². The number of carbonyl (C=O) groups is 1. The highest BCUT2D eigenvalue weighted by Gasteiger charge is 2.10. The highest BCUT2D eigenvalue weighted by Crippen LogP contribution is 2.10. The number of benzene rings is 1. The molecule has 3 heteroatoms. The van der Waals surface area contributed by atoms with Gasteiger partial charge in [-0.3, -0.25) is 4.79 Å². The molecule has 1 aromatic carbocycles. The topological polar surface area (TPSA) is 49.3 Å². The fraction of sp³-hybridized carbons (Fsp3) is 0.417. The second-order valence-corrected chi connectivity index (χ2v) is 3.88. The third-order valence-electron chi connectivity index (χ3n) is 2.28. The van der Waals surface area contributed by atoms with Gasteiger partial charge in [0.1, 0.15) is 0 Å². The van der Waals surface area contributed by atoms with E-state index in [-0.39, 0.29) is 18.6 Å². The van der Waals surface area contributed by atoms with Gasteiger partial charge < -0.3 is 10.4 Å². The van der Waals surface area contributed by atoms with Crippen LogP contribution >= 0.6 is 0 Å². The molecule has 1 aromatic rings. The Bertz CT molecular complexity index is 361. The molecule has 2 N–H and O–H groups in total. The Kier molecular flexibility index (Phi) is 3.86. The predicted octanol–water partition coefficient (Wildman–Crippen LogP) is 1.41. The maximum atomic E-state index is 11.7. The zero-order valence-electron chi connectivity index (χ0n) is 9.37. The van der Waals surface area contributed by atoms with Gasteiger partial charge >= 0.3 is 0 Å². The Morgan fingerprint density at radius 2 is 2.13 bits per heavy atom. The molecule has 3 nitrogen and oxygen atoms in total. The van der Waals surface area contributed by atoms with E-state index in [1.165, 1.54) is 0 Å². The van der Waals surface area contributed by atoms with Crippen LogP contribution in [0.25, 0.3) is 0 Å². The Hall–Kier alpha value is -1.35. The van der Waals surface area contributed by atoms with Crippen molar-refractivity contribution in [3.8, 4) is 0 Å². The molecule has 0 aliphatic heterocycles. The van der Waals surface area contributed by atoms with Crippen molar-refractivity contribution in [2.75, 3.05) is 6.61 Å². The second-order valence-electron chi connectivity index (χ2n) is 3.88. The summed E-state index contributed by atoms with van der Waals surface area (Å²) in [4.78, 5) is 11.7. The number of hydrogen-bond donors (Lipinski definition) is 2. The van der Waals surface area contributed by atoms with E-state index in [0.29, 0.717) is 5.56 Å². The maximum Gasteiger partial charge on any atom is 0.251 e. The van der Waals surface area contributed by atoms with Crippen LogP contribution in [-0.2, 0) is 0 Å². The van der Waals surface area contributed by atoms with Crippen LogP contribution in [0.2, 0.25) is 0 Å². The van der Waals surface area contributed by atoms with Crippen LogP contribution in [0.1, 0.15) is 28.4 Å². The quantitative estimate of drug-likeness (QED) is 0.787. The molecule has 0 heterocycles. The first kappa shape index (κ1) is 11.7. The smallest absolute Gasteiger partial charge is 0.251 e. The number of rotatable bonds is 3. The van der Waals surface area contributed by atoms with Crippen LogP contribution in [0.3, 0.4) is 0 Å². The summed E-state index contributed by atoms with van der Waals surface area (Å²) in [5.41, 5.74) is 2.76. The number of hydrogen-bond acceptors (Lipinski definition) is 2. The Morgan fingerprint density at radius 3 is 2.67 bits per heavy atom. The number of aryl methyl sites for hydroxylation is 2. The van der Waals surface area contributed by atoms with E-state index in [1.807, 2.05) is 32.0 Å². The molecule has 82 valence electrons. The van der Waals surface area contributed by atoms with E-state index in [2.05, 4.69) is 5.32 Å². The lowest BCUT2D eigenvalue weighted by Crippen LogP contribution is -2.35. The molecule has 0 radical (unpaired) electrons. The van der Waals surface area contributed by atoms with E-state index in [4.69, 9.17) is 5.11 Å². The molecule has 0 spiro atoms. The van der Waals surface area contributed by atoms with Gasteiger partial charge in [-0.2, -0.15) is 0 Å². The summed E-state index contributed by atoms with van der Waals surface area (Å²) in [5, 5.41) is 11.5. The molecule has 0 saturated heterocycles. The summed E-state index contributed by atoms with van der Waals surface area (Å²) < 4.78 is 0. The molecule has 0 bridgehead atoms. The minimum Gasteiger partial charge on any atom is -0.394 e. The summed E-state index contributed by atoms with van der Waals surface area (Å²) in [6.07, 6.45) is 0. The first-order chi connectivity index (χ1) is 7.04. The van der Waals surface area contributed by atoms with Crippen molar-refractivity contribution in [1.29, 1.82) is 0 Å². The fourth-order valence-electron chi connectivity index (χ4n) is 1.42. The number of aliphatic hydroxyl groups excluding tert-OH is 1. The van der Waals surface area contributed by atoms with Crippen molar-refractivity contribution < 1.29 is 9.90 Å². The predicted molar refractivity (Wildman–Crippen MR) is 59.9 cm³/mol.